The van der Waals surface area contributed by atoms with E-state index in [1.807, 2.05) is 55.5 Å². The predicted molar refractivity (Wildman–Crippen MR) is 104 cm³/mol. The van der Waals surface area contributed by atoms with Gasteiger partial charge < -0.3 is 20.3 Å². The van der Waals surface area contributed by atoms with Crippen molar-refractivity contribution < 1.29 is 14.3 Å². The van der Waals surface area contributed by atoms with Gasteiger partial charge >= 0.3 is 6.03 Å². The number of rotatable bonds is 6. The van der Waals surface area contributed by atoms with Gasteiger partial charge in [0, 0.05) is 25.9 Å². The molecule has 2 aromatic carbocycles. The first-order valence-electron chi connectivity index (χ1n) is 9.05. The minimum absolute atomic E-state index is 0.0406. The molecule has 0 aromatic heterocycles. The van der Waals surface area contributed by atoms with Crippen molar-refractivity contribution in [2.24, 2.45) is 0 Å². The summed E-state index contributed by atoms with van der Waals surface area (Å²) in [6.45, 7) is 3.78. The Morgan fingerprint density at radius 2 is 1.78 bits per heavy atom. The van der Waals surface area contributed by atoms with Crippen molar-refractivity contribution >= 4 is 17.6 Å². The molecular formula is C21H25N3O3. The van der Waals surface area contributed by atoms with Gasteiger partial charge in [-0.25, -0.2) is 4.79 Å². The quantitative estimate of drug-likeness (QED) is 0.824. The topological polar surface area (TPSA) is 70.7 Å². The molecule has 0 radical (unpaired) electrons. The molecule has 2 N–H and O–H groups in total. The molecule has 3 rings (SSSR count). The van der Waals surface area contributed by atoms with Gasteiger partial charge in [0.2, 0.25) is 5.91 Å². The summed E-state index contributed by atoms with van der Waals surface area (Å²) in [5.74, 6) is -0.0406. The van der Waals surface area contributed by atoms with Crippen LogP contribution in [0.4, 0.5) is 10.5 Å². The van der Waals surface area contributed by atoms with Gasteiger partial charge in [-0.3, -0.25) is 4.79 Å². The van der Waals surface area contributed by atoms with E-state index in [2.05, 4.69) is 10.6 Å². The molecule has 1 atom stereocenters. The molecule has 6 heteroatoms. The van der Waals surface area contributed by atoms with Crippen LogP contribution in [0.1, 0.15) is 23.1 Å². The third-order valence-corrected chi connectivity index (χ3v) is 4.62. The lowest BCUT2D eigenvalue weighted by molar-refractivity contribution is -0.129. The largest absolute Gasteiger partial charge is 0.380 e. The van der Waals surface area contributed by atoms with E-state index in [0.717, 1.165) is 11.1 Å². The second-order valence-electron chi connectivity index (χ2n) is 6.82. The molecule has 3 amide bonds. The van der Waals surface area contributed by atoms with Crippen LogP contribution < -0.4 is 10.6 Å². The molecule has 0 saturated carbocycles. The Morgan fingerprint density at radius 3 is 2.44 bits per heavy atom. The predicted octanol–water partition coefficient (Wildman–Crippen LogP) is 3.06. The standard InChI is InChI=1S/C21H25N3O3/c1-15-3-5-16(6-4-15)13-24-12-11-19(20(24)25)23-21(26)22-18-9-7-17(8-10-18)14-27-2/h3-10,19H,11-14H2,1-2H3,(H2,22,23,26)/t19-/m1/s1. The van der Waals surface area contributed by atoms with E-state index in [-0.39, 0.29) is 11.9 Å². The lowest BCUT2D eigenvalue weighted by Crippen LogP contribution is -2.43. The van der Waals surface area contributed by atoms with Crippen molar-refractivity contribution in [2.75, 3.05) is 19.0 Å². The number of likely N-dealkylation sites (tertiary alicyclic amines) is 1. The first kappa shape index (κ1) is 18.9. The Balaban J connectivity index is 1.51. The van der Waals surface area contributed by atoms with Crippen molar-refractivity contribution in [3.05, 3.63) is 65.2 Å². The van der Waals surface area contributed by atoms with E-state index in [1.165, 1.54) is 5.56 Å². The van der Waals surface area contributed by atoms with Crippen LogP contribution in [-0.2, 0) is 22.7 Å². The van der Waals surface area contributed by atoms with E-state index >= 15 is 0 Å². The number of carbonyl (C=O) groups excluding carboxylic acids is 2. The fraction of sp³-hybridized carbons (Fsp3) is 0.333. The van der Waals surface area contributed by atoms with Crippen LogP contribution in [0.3, 0.4) is 0 Å². The zero-order valence-corrected chi connectivity index (χ0v) is 15.7. The molecule has 1 heterocycles. The molecule has 1 aliphatic heterocycles. The second-order valence-corrected chi connectivity index (χ2v) is 6.82. The van der Waals surface area contributed by atoms with Crippen molar-refractivity contribution in [3.8, 4) is 0 Å². The number of hydrogen-bond acceptors (Lipinski definition) is 3. The Morgan fingerprint density at radius 1 is 1.11 bits per heavy atom. The number of carbonyl (C=O) groups is 2. The first-order valence-corrected chi connectivity index (χ1v) is 9.05. The Hall–Kier alpha value is -2.86. The molecular weight excluding hydrogens is 342 g/mol. The zero-order valence-electron chi connectivity index (χ0n) is 15.7. The maximum Gasteiger partial charge on any atom is 0.319 e. The molecule has 0 unspecified atom stereocenters. The van der Waals surface area contributed by atoms with Gasteiger partial charge in [0.25, 0.3) is 0 Å². The fourth-order valence-corrected chi connectivity index (χ4v) is 3.12. The second kappa shape index (κ2) is 8.68. The SMILES string of the molecule is COCc1ccc(NC(=O)N[C@@H]2CCN(Cc3ccc(C)cc3)C2=O)cc1. The number of methoxy groups -OCH3 is 1. The Bertz CT molecular complexity index is 787. The molecule has 2 aromatic rings. The maximum atomic E-state index is 12.6. The third-order valence-electron chi connectivity index (χ3n) is 4.62. The van der Waals surface area contributed by atoms with Crippen LogP contribution in [0.2, 0.25) is 0 Å². The summed E-state index contributed by atoms with van der Waals surface area (Å²) in [4.78, 5) is 26.5. The van der Waals surface area contributed by atoms with E-state index in [9.17, 15) is 9.59 Å². The summed E-state index contributed by atoms with van der Waals surface area (Å²) in [7, 11) is 1.64. The highest BCUT2D eigenvalue weighted by Gasteiger charge is 2.32. The molecule has 1 saturated heterocycles. The van der Waals surface area contributed by atoms with Crippen molar-refractivity contribution in [1.29, 1.82) is 0 Å². The van der Waals surface area contributed by atoms with Gasteiger partial charge in [-0.15, -0.1) is 0 Å². The Labute approximate surface area is 159 Å². The molecule has 1 fully saturated rings. The molecule has 27 heavy (non-hydrogen) atoms. The molecule has 1 aliphatic rings. The van der Waals surface area contributed by atoms with Crippen LogP contribution in [0.5, 0.6) is 0 Å². The van der Waals surface area contributed by atoms with Crippen LogP contribution in [0.25, 0.3) is 0 Å². The van der Waals surface area contributed by atoms with Crippen molar-refractivity contribution in [1.82, 2.24) is 10.2 Å². The van der Waals surface area contributed by atoms with Crippen LogP contribution in [0, 0.1) is 6.92 Å². The number of nitrogens with one attached hydrogen (secondary N) is 2. The fourth-order valence-electron chi connectivity index (χ4n) is 3.12. The number of nitrogens with zero attached hydrogens (tertiary/aromatic N) is 1. The number of hydrogen-bond donors (Lipinski definition) is 2. The molecule has 0 bridgehead atoms. The zero-order chi connectivity index (χ0) is 19.2. The summed E-state index contributed by atoms with van der Waals surface area (Å²) >= 11 is 0. The monoisotopic (exact) mass is 367 g/mol. The lowest BCUT2D eigenvalue weighted by atomic mass is 10.1. The highest BCUT2D eigenvalue weighted by atomic mass is 16.5. The molecule has 0 spiro atoms. The Kier molecular flexibility index (Phi) is 6.08. The highest BCUT2D eigenvalue weighted by molar-refractivity contribution is 5.94. The normalized spacial score (nSPS) is 16.4. The smallest absolute Gasteiger partial charge is 0.319 e. The van der Waals surface area contributed by atoms with Crippen LogP contribution in [-0.4, -0.2) is 36.5 Å². The minimum atomic E-state index is -0.483. The summed E-state index contributed by atoms with van der Waals surface area (Å²) in [6, 6.07) is 14.7. The number of benzene rings is 2. The average molecular weight is 367 g/mol. The van der Waals surface area contributed by atoms with Crippen molar-refractivity contribution in [2.45, 2.75) is 32.5 Å². The molecule has 142 valence electrons. The number of anilines is 1. The first-order chi connectivity index (χ1) is 13.0. The average Bonchev–Trinajstić information content (AvgIpc) is 2.99. The summed E-state index contributed by atoms with van der Waals surface area (Å²) in [6.07, 6.45) is 0.616. The number of urea groups is 1. The lowest BCUT2D eigenvalue weighted by Gasteiger charge is -2.17. The van der Waals surface area contributed by atoms with Gasteiger partial charge in [-0.2, -0.15) is 0 Å². The van der Waals surface area contributed by atoms with E-state index in [1.54, 1.807) is 12.0 Å². The highest BCUT2D eigenvalue weighted by Crippen LogP contribution is 2.16. The van der Waals surface area contributed by atoms with Crippen LogP contribution in [0.15, 0.2) is 48.5 Å². The van der Waals surface area contributed by atoms with Gasteiger partial charge in [-0.1, -0.05) is 42.0 Å². The van der Waals surface area contributed by atoms with Crippen LogP contribution >= 0.6 is 0 Å². The minimum Gasteiger partial charge on any atom is -0.380 e. The van der Waals surface area contributed by atoms with E-state index in [4.69, 9.17) is 4.74 Å². The maximum absolute atomic E-state index is 12.6. The van der Waals surface area contributed by atoms with Gasteiger partial charge in [0.15, 0.2) is 0 Å². The number of aryl methyl sites for hydroxylation is 1. The van der Waals surface area contributed by atoms with E-state index in [0.29, 0.717) is 31.8 Å². The van der Waals surface area contributed by atoms with Gasteiger partial charge in [0.1, 0.15) is 6.04 Å². The number of amides is 3. The molecule has 6 nitrogen and oxygen atoms in total. The summed E-state index contributed by atoms with van der Waals surface area (Å²) in [5.41, 5.74) is 3.99. The van der Waals surface area contributed by atoms with Gasteiger partial charge in [0.05, 0.1) is 6.61 Å². The summed E-state index contributed by atoms with van der Waals surface area (Å²) < 4.78 is 5.07. The molecule has 0 aliphatic carbocycles. The van der Waals surface area contributed by atoms with Crippen molar-refractivity contribution in [3.63, 3.8) is 0 Å². The van der Waals surface area contributed by atoms with E-state index < -0.39 is 6.04 Å². The van der Waals surface area contributed by atoms with Gasteiger partial charge in [-0.05, 0) is 36.6 Å². The third kappa shape index (κ3) is 5.08. The number of ether oxygens (including phenoxy) is 1. The summed E-state index contributed by atoms with van der Waals surface area (Å²) in [5, 5.41) is 5.54.